The summed E-state index contributed by atoms with van der Waals surface area (Å²) in [5, 5.41) is 2.96. The zero-order valence-corrected chi connectivity index (χ0v) is 12.5. The molecule has 0 unspecified atom stereocenters. The number of hydrogen-bond donors (Lipinski definition) is 1. The second-order valence-electron chi connectivity index (χ2n) is 4.34. The molecule has 1 N–H and O–H groups in total. The molecule has 0 aliphatic carbocycles. The van der Waals surface area contributed by atoms with E-state index < -0.39 is 17.6 Å². The van der Waals surface area contributed by atoms with E-state index in [0.29, 0.717) is 15.6 Å². The number of rotatable bonds is 4. The zero-order valence-electron chi connectivity index (χ0n) is 11.7. The Morgan fingerprint density at radius 2 is 2.18 bits per heavy atom. The average molecular weight is 331 g/mol. The molecule has 0 spiro atoms. The van der Waals surface area contributed by atoms with Crippen LogP contribution in [0.5, 0.6) is 0 Å². The lowest BCUT2D eigenvalue weighted by molar-refractivity contribution is -0.137. The molecule has 0 saturated carbocycles. The summed E-state index contributed by atoms with van der Waals surface area (Å²) in [6, 6.07) is 1.62. The fourth-order valence-electron chi connectivity index (χ4n) is 1.70. The van der Waals surface area contributed by atoms with Gasteiger partial charge in [-0.3, -0.25) is 4.79 Å². The van der Waals surface area contributed by atoms with E-state index >= 15 is 0 Å². The highest BCUT2D eigenvalue weighted by molar-refractivity contribution is 7.13. The average Bonchev–Trinajstić information content (AvgIpc) is 2.79. The SMILES string of the molecule is COCc1nc(C)c(C(=O)Nc2cc(C(F)(F)F)ccn2)s1. The van der Waals surface area contributed by atoms with Crippen molar-refractivity contribution in [3.8, 4) is 0 Å². The highest BCUT2D eigenvalue weighted by Crippen LogP contribution is 2.30. The van der Waals surface area contributed by atoms with Crippen LogP contribution >= 0.6 is 11.3 Å². The number of alkyl halides is 3. The molecule has 2 aromatic heterocycles. The van der Waals surface area contributed by atoms with Crippen LogP contribution in [0, 0.1) is 6.92 Å². The van der Waals surface area contributed by atoms with Crippen LogP contribution in [0.15, 0.2) is 18.3 Å². The second kappa shape index (κ2) is 6.41. The molecule has 0 fully saturated rings. The number of nitrogens with one attached hydrogen (secondary N) is 1. The van der Waals surface area contributed by atoms with Gasteiger partial charge < -0.3 is 10.1 Å². The van der Waals surface area contributed by atoms with Crippen molar-refractivity contribution in [2.45, 2.75) is 19.7 Å². The fraction of sp³-hybridized carbons (Fsp3) is 0.308. The zero-order chi connectivity index (χ0) is 16.3. The first-order chi connectivity index (χ1) is 10.3. The molecule has 0 aromatic carbocycles. The maximum absolute atomic E-state index is 12.6. The van der Waals surface area contributed by atoms with Crippen LogP contribution in [0.1, 0.15) is 25.9 Å². The Bertz CT molecular complexity index is 685. The summed E-state index contributed by atoms with van der Waals surface area (Å²) < 4.78 is 42.8. The Balaban J connectivity index is 2.19. The summed E-state index contributed by atoms with van der Waals surface area (Å²) in [7, 11) is 1.50. The van der Waals surface area contributed by atoms with Crippen molar-refractivity contribution in [2.24, 2.45) is 0 Å². The van der Waals surface area contributed by atoms with Gasteiger partial charge in [-0.25, -0.2) is 9.97 Å². The summed E-state index contributed by atoms with van der Waals surface area (Å²) in [6.45, 7) is 1.91. The van der Waals surface area contributed by atoms with Gasteiger partial charge in [0.05, 0.1) is 17.9 Å². The third-order valence-corrected chi connectivity index (χ3v) is 3.77. The van der Waals surface area contributed by atoms with Crippen molar-refractivity contribution in [3.05, 3.63) is 39.5 Å². The molecule has 0 aliphatic heterocycles. The predicted molar refractivity (Wildman–Crippen MR) is 74.8 cm³/mol. The summed E-state index contributed by atoms with van der Waals surface area (Å²) in [4.78, 5) is 20.3. The lowest BCUT2D eigenvalue weighted by atomic mass is 10.2. The minimum Gasteiger partial charge on any atom is -0.378 e. The summed E-state index contributed by atoms with van der Waals surface area (Å²) in [6.07, 6.45) is -3.50. The molecular formula is C13H12F3N3O2S. The third-order valence-electron chi connectivity index (χ3n) is 2.64. The van der Waals surface area contributed by atoms with E-state index in [2.05, 4.69) is 15.3 Å². The maximum atomic E-state index is 12.6. The molecule has 0 saturated heterocycles. The van der Waals surface area contributed by atoms with Gasteiger partial charge in [-0.1, -0.05) is 0 Å². The van der Waals surface area contributed by atoms with Gasteiger partial charge in [-0.15, -0.1) is 11.3 Å². The number of ether oxygens (including phenoxy) is 1. The van der Waals surface area contributed by atoms with Crippen molar-refractivity contribution in [1.82, 2.24) is 9.97 Å². The first-order valence-electron chi connectivity index (χ1n) is 6.11. The van der Waals surface area contributed by atoms with E-state index in [1.807, 2.05) is 0 Å². The molecule has 0 aliphatic rings. The highest BCUT2D eigenvalue weighted by atomic mass is 32.1. The topological polar surface area (TPSA) is 64.1 Å². The van der Waals surface area contributed by atoms with E-state index in [0.717, 1.165) is 29.7 Å². The van der Waals surface area contributed by atoms with E-state index in [9.17, 15) is 18.0 Å². The van der Waals surface area contributed by atoms with Crippen molar-refractivity contribution in [2.75, 3.05) is 12.4 Å². The Morgan fingerprint density at radius 3 is 2.82 bits per heavy atom. The number of aryl methyl sites for hydroxylation is 1. The maximum Gasteiger partial charge on any atom is 0.416 e. The molecule has 2 heterocycles. The van der Waals surface area contributed by atoms with Crippen LogP contribution in [0.2, 0.25) is 0 Å². The van der Waals surface area contributed by atoms with Gasteiger partial charge in [0.25, 0.3) is 5.91 Å². The van der Waals surface area contributed by atoms with Gasteiger partial charge in [0.2, 0.25) is 0 Å². The lowest BCUT2D eigenvalue weighted by Gasteiger charge is -2.08. The van der Waals surface area contributed by atoms with Crippen molar-refractivity contribution in [1.29, 1.82) is 0 Å². The van der Waals surface area contributed by atoms with Crippen LogP contribution in [-0.2, 0) is 17.5 Å². The fourth-order valence-corrected chi connectivity index (χ4v) is 2.63. The normalized spacial score (nSPS) is 11.5. The lowest BCUT2D eigenvalue weighted by Crippen LogP contribution is -2.14. The van der Waals surface area contributed by atoms with Gasteiger partial charge >= 0.3 is 6.18 Å². The number of thiazole rings is 1. The smallest absolute Gasteiger partial charge is 0.378 e. The van der Waals surface area contributed by atoms with Crippen molar-refractivity contribution in [3.63, 3.8) is 0 Å². The molecule has 118 valence electrons. The van der Waals surface area contributed by atoms with E-state index in [1.54, 1.807) is 6.92 Å². The molecule has 0 bridgehead atoms. The number of nitrogens with zero attached hydrogens (tertiary/aromatic N) is 2. The number of hydrogen-bond acceptors (Lipinski definition) is 5. The highest BCUT2D eigenvalue weighted by Gasteiger charge is 2.31. The van der Waals surface area contributed by atoms with E-state index in [4.69, 9.17) is 4.74 Å². The van der Waals surface area contributed by atoms with Crippen molar-refractivity contribution >= 4 is 23.1 Å². The molecule has 0 radical (unpaired) electrons. The van der Waals surface area contributed by atoms with Gasteiger partial charge in [0, 0.05) is 13.3 Å². The first kappa shape index (κ1) is 16.4. The Hall–Kier alpha value is -2.00. The third kappa shape index (κ3) is 3.80. The number of pyridine rings is 1. The molecule has 0 atom stereocenters. The number of halogens is 3. The number of amides is 1. The molecule has 9 heteroatoms. The Kier molecular flexibility index (Phi) is 4.77. The molecule has 2 rings (SSSR count). The number of anilines is 1. The van der Waals surface area contributed by atoms with E-state index in [1.165, 1.54) is 7.11 Å². The first-order valence-corrected chi connectivity index (χ1v) is 6.92. The minimum absolute atomic E-state index is 0.166. The van der Waals surface area contributed by atoms with Crippen LogP contribution in [0.4, 0.5) is 19.0 Å². The van der Waals surface area contributed by atoms with E-state index in [-0.39, 0.29) is 12.4 Å². The predicted octanol–water partition coefficient (Wildman–Crippen LogP) is 3.26. The van der Waals surface area contributed by atoms with Gasteiger partial charge in [-0.05, 0) is 19.1 Å². The monoisotopic (exact) mass is 331 g/mol. The summed E-state index contributed by atoms with van der Waals surface area (Å²) >= 11 is 1.12. The number of aromatic nitrogens is 2. The van der Waals surface area contributed by atoms with Crippen molar-refractivity contribution < 1.29 is 22.7 Å². The number of methoxy groups -OCH3 is 1. The quantitative estimate of drug-likeness (QED) is 0.934. The molecule has 5 nitrogen and oxygen atoms in total. The number of carbonyl (C=O) groups excluding carboxylic acids is 1. The molecule has 2 aromatic rings. The van der Waals surface area contributed by atoms with Crippen LogP contribution < -0.4 is 5.32 Å². The minimum atomic E-state index is -4.49. The second-order valence-corrected chi connectivity index (χ2v) is 5.42. The standard InChI is InChI=1S/C13H12F3N3O2S/c1-7-11(22-10(18-7)6-21-2)12(20)19-9-5-8(3-4-17-9)13(14,15)16/h3-5H,6H2,1-2H3,(H,17,19,20). The molecular weight excluding hydrogens is 319 g/mol. The Labute approximate surface area is 128 Å². The largest absolute Gasteiger partial charge is 0.416 e. The summed E-state index contributed by atoms with van der Waals surface area (Å²) in [5.41, 5.74) is -0.388. The molecule has 1 amide bonds. The number of carbonyl (C=O) groups is 1. The summed E-state index contributed by atoms with van der Waals surface area (Å²) in [5.74, 6) is -0.718. The van der Waals surface area contributed by atoms with Crippen LogP contribution in [0.3, 0.4) is 0 Å². The van der Waals surface area contributed by atoms with Gasteiger partial charge in [0.15, 0.2) is 0 Å². The van der Waals surface area contributed by atoms with Gasteiger partial charge in [0.1, 0.15) is 15.7 Å². The Morgan fingerprint density at radius 1 is 1.45 bits per heavy atom. The van der Waals surface area contributed by atoms with Crippen LogP contribution in [-0.4, -0.2) is 23.0 Å². The molecule has 22 heavy (non-hydrogen) atoms. The van der Waals surface area contributed by atoms with Gasteiger partial charge in [-0.2, -0.15) is 13.2 Å². The van der Waals surface area contributed by atoms with Crippen LogP contribution in [0.25, 0.3) is 0 Å².